The zero-order valence-corrected chi connectivity index (χ0v) is 21.0. The molecule has 37 heavy (non-hydrogen) atoms. The van der Waals surface area contributed by atoms with E-state index in [0.29, 0.717) is 18.7 Å². The van der Waals surface area contributed by atoms with Crippen LogP contribution in [0.3, 0.4) is 0 Å². The first-order valence-electron chi connectivity index (χ1n) is 12.2. The third-order valence-corrected chi connectivity index (χ3v) is 7.35. The molecular formula is C29H35FN6O. The van der Waals surface area contributed by atoms with E-state index in [1.807, 2.05) is 61.6 Å². The first-order valence-corrected chi connectivity index (χ1v) is 12.2. The maximum atomic E-state index is 14.0. The molecule has 2 unspecified atom stereocenters. The predicted octanol–water partition coefficient (Wildman–Crippen LogP) is 4.85. The number of fused-ring (bicyclic) bond motifs is 1. The van der Waals surface area contributed by atoms with E-state index in [1.165, 1.54) is 17.0 Å². The van der Waals surface area contributed by atoms with Crippen LogP contribution in [0.2, 0.25) is 0 Å². The van der Waals surface area contributed by atoms with E-state index in [2.05, 4.69) is 16.4 Å². The molecule has 7 nitrogen and oxygen atoms in total. The van der Waals surface area contributed by atoms with Gasteiger partial charge < -0.3 is 14.8 Å². The van der Waals surface area contributed by atoms with Gasteiger partial charge in [-0.1, -0.05) is 25.6 Å². The Balaban J connectivity index is 0.00000320. The van der Waals surface area contributed by atoms with Crippen molar-refractivity contribution < 1.29 is 9.18 Å². The fourth-order valence-corrected chi connectivity index (χ4v) is 5.28. The second-order valence-corrected chi connectivity index (χ2v) is 9.85. The van der Waals surface area contributed by atoms with Crippen molar-refractivity contribution in [2.45, 2.75) is 46.7 Å². The third-order valence-electron chi connectivity index (χ3n) is 7.35. The standard InChI is InChI=1S/C28H31FN6O.CH4/c1-18-13-21(5-10-25(18)33-15-19(2)32-17-33)14-24-26(36)35(20(3)22-6-8-23(29)9-7-22)27(30)34-12-11-31-16-28(24,34)4;/h5-10,13-15,17,20,30-31H,11-12,16H2,1-4H3;1H4/b24-14-,30-27?;. The average molecular weight is 503 g/mol. The van der Waals surface area contributed by atoms with Gasteiger partial charge in [-0.05, 0) is 74.7 Å². The summed E-state index contributed by atoms with van der Waals surface area (Å²) in [5, 5.41) is 12.4. The summed E-state index contributed by atoms with van der Waals surface area (Å²) >= 11 is 0. The molecule has 194 valence electrons. The summed E-state index contributed by atoms with van der Waals surface area (Å²) in [7, 11) is 0. The number of nitrogens with zero attached hydrogens (tertiary/aromatic N) is 4. The summed E-state index contributed by atoms with van der Waals surface area (Å²) < 4.78 is 15.5. The van der Waals surface area contributed by atoms with Crippen LogP contribution in [0.5, 0.6) is 0 Å². The van der Waals surface area contributed by atoms with Crippen molar-refractivity contribution in [3.63, 3.8) is 0 Å². The lowest BCUT2D eigenvalue weighted by molar-refractivity contribution is -0.129. The van der Waals surface area contributed by atoms with E-state index < -0.39 is 11.6 Å². The van der Waals surface area contributed by atoms with Crippen LogP contribution in [0.15, 0.2) is 60.6 Å². The van der Waals surface area contributed by atoms with Crippen molar-refractivity contribution >= 4 is 17.9 Å². The van der Waals surface area contributed by atoms with Crippen LogP contribution in [0.4, 0.5) is 4.39 Å². The molecule has 3 aromatic rings. The van der Waals surface area contributed by atoms with Crippen LogP contribution in [-0.4, -0.2) is 56.4 Å². The van der Waals surface area contributed by atoms with Gasteiger partial charge in [-0.3, -0.25) is 15.1 Å². The molecule has 0 bridgehead atoms. The number of carbonyl (C=O) groups excluding carboxylic acids is 1. The highest BCUT2D eigenvalue weighted by atomic mass is 19.1. The van der Waals surface area contributed by atoms with E-state index in [9.17, 15) is 9.18 Å². The van der Waals surface area contributed by atoms with Crippen molar-refractivity contribution in [2.75, 3.05) is 19.6 Å². The van der Waals surface area contributed by atoms with Crippen LogP contribution in [-0.2, 0) is 4.79 Å². The number of hydrogen-bond acceptors (Lipinski definition) is 4. The highest BCUT2D eigenvalue weighted by Gasteiger charge is 2.50. The Morgan fingerprint density at radius 2 is 1.92 bits per heavy atom. The summed E-state index contributed by atoms with van der Waals surface area (Å²) in [5.41, 5.74) is 4.73. The minimum absolute atomic E-state index is 0. The van der Waals surface area contributed by atoms with Gasteiger partial charge in [0.25, 0.3) is 5.91 Å². The Morgan fingerprint density at radius 1 is 1.19 bits per heavy atom. The molecule has 1 aromatic heterocycles. The van der Waals surface area contributed by atoms with Gasteiger partial charge in [0.1, 0.15) is 5.82 Å². The van der Waals surface area contributed by atoms with Crippen molar-refractivity contribution in [3.05, 3.63) is 88.8 Å². The Morgan fingerprint density at radius 3 is 2.57 bits per heavy atom. The van der Waals surface area contributed by atoms with E-state index in [1.54, 1.807) is 18.5 Å². The average Bonchev–Trinajstić information content (AvgIpc) is 3.28. The van der Waals surface area contributed by atoms with Crippen LogP contribution < -0.4 is 5.32 Å². The number of amides is 1. The number of carbonyl (C=O) groups is 1. The maximum absolute atomic E-state index is 14.0. The number of rotatable bonds is 4. The van der Waals surface area contributed by atoms with Crippen molar-refractivity contribution in [2.24, 2.45) is 0 Å². The Bertz CT molecular complexity index is 1360. The highest BCUT2D eigenvalue weighted by molar-refractivity contribution is 6.12. The van der Waals surface area contributed by atoms with Gasteiger partial charge in [-0.2, -0.15) is 0 Å². The molecule has 5 rings (SSSR count). The van der Waals surface area contributed by atoms with Gasteiger partial charge in [0, 0.05) is 37.1 Å². The number of aromatic nitrogens is 2. The summed E-state index contributed by atoms with van der Waals surface area (Å²) in [4.78, 5) is 21.9. The number of halogens is 1. The van der Waals surface area contributed by atoms with Crippen molar-refractivity contribution in [3.8, 4) is 5.69 Å². The molecule has 0 aliphatic carbocycles. The Labute approximate surface area is 218 Å². The summed E-state index contributed by atoms with van der Waals surface area (Å²) in [6.07, 6.45) is 5.74. The van der Waals surface area contributed by atoms with E-state index in [0.717, 1.165) is 34.6 Å². The van der Waals surface area contributed by atoms with E-state index in [4.69, 9.17) is 5.41 Å². The number of aryl methyl sites for hydroxylation is 2. The number of guanidine groups is 1. The van der Waals surface area contributed by atoms with Crippen LogP contribution in [0.25, 0.3) is 11.8 Å². The zero-order chi connectivity index (χ0) is 25.6. The number of piperazine rings is 1. The second kappa shape index (κ2) is 9.94. The van der Waals surface area contributed by atoms with Crippen molar-refractivity contribution in [1.29, 1.82) is 5.41 Å². The molecule has 2 aromatic carbocycles. The van der Waals surface area contributed by atoms with Gasteiger partial charge in [0.15, 0.2) is 0 Å². The third kappa shape index (κ3) is 4.57. The minimum atomic E-state index is -0.653. The summed E-state index contributed by atoms with van der Waals surface area (Å²) in [6, 6.07) is 11.8. The molecule has 8 heteroatoms. The highest BCUT2D eigenvalue weighted by Crippen LogP contribution is 2.38. The summed E-state index contributed by atoms with van der Waals surface area (Å²) in [6.45, 7) is 9.82. The molecule has 2 saturated heterocycles. The first kappa shape index (κ1) is 26.3. The number of benzene rings is 2. The quantitative estimate of drug-likeness (QED) is 0.500. The van der Waals surface area contributed by atoms with Crippen LogP contribution >= 0.6 is 0 Å². The Kier molecular flexibility index (Phi) is 7.06. The lowest BCUT2D eigenvalue weighted by atomic mass is 9.83. The topological polar surface area (TPSA) is 77.2 Å². The molecule has 0 radical (unpaired) electrons. The zero-order valence-electron chi connectivity index (χ0n) is 21.0. The number of hydrogen-bond donors (Lipinski definition) is 2. The Hall–Kier alpha value is -3.78. The lowest BCUT2D eigenvalue weighted by Gasteiger charge is -2.54. The molecule has 2 aliphatic rings. The van der Waals surface area contributed by atoms with Gasteiger partial charge in [-0.25, -0.2) is 9.37 Å². The van der Waals surface area contributed by atoms with Gasteiger partial charge >= 0.3 is 0 Å². The number of nitrogens with one attached hydrogen (secondary N) is 2. The summed E-state index contributed by atoms with van der Waals surface area (Å²) in [5.74, 6) is -0.350. The number of imidazole rings is 1. The van der Waals surface area contributed by atoms with Crippen molar-refractivity contribution in [1.82, 2.24) is 24.7 Å². The van der Waals surface area contributed by atoms with Crippen LogP contribution in [0, 0.1) is 25.1 Å². The minimum Gasteiger partial charge on any atom is -0.330 e. The van der Waals surface area contributed by atoms with Crippen LogP contribution in [0.1, 0.15) is 49.7 Å². The van der Waals surface area contributed by atoms with Gasteiger partial charge in [-0.15, -0.1) is 0 Å². The fourth-order valence-electron chi connectivity index (χ4n) is 5.28. The fraction of sp³-hybridized carbons (Fsp3) is 0.345. The molecule has 0 spiro atoms. The smallest absolute Gasteiger partial charge is 0.259 e. The van der Waals surface area contributed by atoms with E-state index >= 15 is 0 Å². The molecule has 1 amide bonds. The normalized spacial score (nSPS) is 21.6. The monoisotopic (exact) mass is 502 g/mol. The molecule has 3 heterocycles. The SMILES string of the molecule is C.Cc1cn(-c2ccc(/C=C3/C(=O)N(C(C)c4ccc(F)cc4)C(=N)N4CCNCC34C)cc2C)cn1. The molecule has 2 atom stereocenters. The second-order valence-electron chi connectivity index (χ2n) is 9.85. The molecule has 2 fully saturated rings. The molecular weight excluding hydrogens is 467 g/mol. The first-order chi connectivity index (χ1) is 17.2. The molecule has 2 aliphatic heterocycles. The largest absolute Gasteiger partial charge is 0.330 e. The van der Waals surface area contributed by atoms with E-state index in [-0.39, 0.29) is 25.1 Å². The maximum Gasteiger partial charge on any atom is 0.259 e. The van der Waals surface area contributed by atoms with Gasteiger partial charge in [0.2, 0.25) is 5.96 Å². The predicted molar refractivity (Wildman–Crippen MR) is 145 cm³/mol. The molecule has 2 N–H and O–H groups in total. The molecule has 0 saturated carbocycles. The lowest BCUT2D eigenvalue weighted by Crippen LogP contribution is -2.71. The van der Waals surface area contributed by atoms with Gasteiger partial charge in [0.05, 0.1) is 23.6 Å².